The highest BCUT2D eigenvalue weighted by molar-refractivity contribution is 5.70. The minimum Gasteiger partial charge on any atom is -0.410 e. The first-order valence-electron chi connectivity index (χ1n) is 6.50. The van der Waals surface area contributed by atoms with E-state index in [2.05, 4.69) is 6.92 Å². The second kappa shape index (κ2) is 5.87. The average molecular weight is 248 g/mol. The summed E-state index contributed by atoms with van der Waals surface area (Å²) in [7, 11) is 0. The number of piperidine rings is 1. The van der Waals surface area contributed by atoms with Crippen molar-refractivity contribution in [1.29, 1.82) is 0 Å². The molecule has 4 nitrogen and oxygen atoms in total. The Morgan fingerprint density at radius 2 is 2.17 bits per heavy atom. The number of hydrogen-bond acceptors (Lipinski definition) is 3. The minimum absolute atomic E-state index is 0.220. The van der Waals surface area contributed by atoms with Crippen LogP contribution in [0, 0.1) is 0 Å². The highest BCUT2D eigenvalue weighted by Gasteiger charge is 2.21. The molecule has 1 amide bonds. The number of amides is 1. The van der Waals surface area contributed by atoms with Crippen LogP contribution in [0.2, 0.25) is 0 Å². The lowest BCUT2D eigenvalue weighted by molar-refractivity contribution is 0.139. The quantitative estimate of drug-likeness (QED) is 0.872. The molecule has 1 aromatic carbocycles. The molecule has 1 aliphatic rings. The number of carbonyl (C=O) groups excluding carboxylic acids is 1. The molecule has 0 aromatic heterocycles. The van der Waals surface area contributed by atoms with E-state index in [1.54, 1.807) is 4.90 Å². The van der Waals surface area contributed by atoms with Gasteiger partial charge in [0.2, 0.25) is 0 Å². The van der Waals surface area contributed by atoms with Crippen LogP contribution >= 0.6 is 0 Å². The van der Waals surface area contributed by atoms with E-state index < -0.39 is 0 Å². The Bertz CT molecular complexity index is 412. The number of hydrogen-bond donors (Lipinski definition) is 1. The van der Waals surface area contributed by atoms with Crippen LogP contribution in [-0.4, -0.2) is 30.1 Å². The van der Waals surface area contributed by atoms with E-state index in [1.807, 2.05) is 24.3 Å². The summed E-state index contributed by atoms with van der Waals surface area (Å²) in [5.74, 6) is 0.620. The summed E-state index contributed by atoms with van der Waals surface area (Å²) in [6.45, 7) is 3.45. The van der Waals surface area contributed by atoms with Gasteiger partial charge in [-0.05, 0) is 37.0 Å². The van der Waals surface area contributed by atoms with E-state index in [-0.39, 0.29) is 12.1 Å². The van der Waals surface area contributed by atoms with Crippen molar-refractivity contribution in [2.24, 2.45) is 5.73 Å². The van der Waals surface area contributed by atoms with Crippen molar-refractivity contribution in [2.45, 2.75) is 32.2 Å². The molecule has 0 saturated carbocycles. The van der Waals surface area contributed by atoms with Crippen molar-refractivity contribution in [3.63, 3.8) is 0 Å². The van der Waals surface area contributed by atoms with Crippen LogP contribution < -0.4 is 10.5 Å². The first-order valence-corrected chi connectivity index (χ1v) is 6.50. The molecule has 0 unspecified atom stereocenters. The second-order valence-electron chi connectivity index (χ2n) is 4.69. The first kappa shape index (κ1) is 12.9. The third kappa shape index (κ3) is 3.23. The summed E-state index contributed by atoms with van der Waals surface area (Å²) in [5.41, 5.74) is 6.98. The SMILES string of the molecule is CCc1cccc(OC(=O)N2CCC(N)CC2)c1. The summed E-state index contributed by atoms with van der Waals surface area (Å²) in [4.78, 5) is 13.7. The van der Waals surface area contributed by atoms with Crippen LogP contribution in [-0.2, 0) is 6.42 Å². The molecule has 0 bridgehead atoms. The number of ether oxygens (including phenoxy) is 1. The highest BCUT2D eigenvalue weighted by atomic mass is 16.6. The number of benzene rings is 1. The Hall–Kier alpha value is -1.55. The van der Waals surface area contributed by atoms with Gasteiger partial charge in [-0.15, -0.1) is 0 Å². The van der Waals surface area contributed by atoms with Gasteiger partial charge in [0, 0.05) is 19.1 Å². The number of carbonyl (C=O) groups is 1. The molecule has 1 fully saturated rings. The van der Waals surface area contributed by atoms with Crippen LogP contribution in [0.3, 0.4) is 0 Å². The third-order valence-corrected chi connectivity index (χ3v) is 3.31. The molecule has 2 N–H and O–H groups in total. The second-order valence-corrected chi connectivity index (χ2v) is 4.69. The Morgan fingerprint density at radius 3 is 2.83 bits per heavy atom. The lowest BCUT2D eigenvalue weighted by Gasteiger charge is -2.29. The van der Waals surface area contributed by atoms with E-state index >= 15 is 0 Å². The summed E-state index contributed by atoms with van der Waals surface area (Å²) in [6.07, 6.45) is 2.37. The molecule has 1 aromatic rings. The molecule has 1 heterocycles. The molecular weight excluding hydrogens is 228 g/mol. The van der Waals surface area contributed by atoms with Gasteiger partial charge in [-0.3, -0.25) is 0 Å². The Morgan fingerprint density at radius 1 is 1.44 bits per heavy atom. The number of aryl methyl sites for hydroxylation is 1. The summed E-state index contributed by atoms with van der Waals surface area (Å²) in [5, 5.41) is 0. The molecule has 0 spiro atoms. The summed E-state index contributed by atoms with van der Waals surface area (Å²) >= 11 is 0. The summed E-state index contributed by atoms with van der Waals surface area (Å²) in [6, 6.07) is 7.88. The van der Waals surface area contributed by atoms with Crippen LogP contribution in [0.25, 0.3) is 0 Å². The number of nitrogens with zero attached hydrogens (tertiary/aromatic N) is 1. The molecule has 1 saturated heterocycles. The van der Waals surface area contributed by atoms with Crippen molar-refractivity contribution in [3.8, 4) is 5.75 Å². The third-order valence-electron chi connectivity index (χ3n) is 3.31. The fraction of sp³-hybridized carbons (Fsp3) is 0.500. The van der Waals surface area contributed by atoms with E-state index in [1.165, 1.54) is 5.56 Å². The smallest absolute Gasteiger partial charge is 0.410 e. The lowest BCUT2D eigenvalue weighted by Crippen LogP contribution is -2.44. The maximum Gasteiger partial charge on any atom is 0.415 e. The average Bonchev–Trinajstić information content (AvgIpc) is 2.39. The molecule has 0 atom stereocenters. The van der Waals surface area contributed by atoms with Crippen molar-refractivity contribution in [2.75, 3.05) is 13.1 Å². The van der Waals surface area contributed by atoms with E-state index in [4.69, 9.17) is 10.5 Å². The molecule has 98 valence electrons. The molecule has 18 heavy (non-hydrogen) atoms. The molecule has 1 aliphatic heterocycles. The minimum atomic E-state index is -0.268. The number of nitrogens with two attached hydrogens (primary N) is 1. The van der Waals surface area contributed by atoms with Crippen LogP contribution in [0.4, 0.5) is 4.79 Å². The van der Waals surface area contributed by atoms with Crippen LogP contribution in [0.1, 0.15) is 25.3 Å². The number of rotatable bonds is 2. The van der Waals surface area contributed by atoms with Crippen molar-refractivity contribution in [1.82, 2.24) is 4.90 Å². The highest BCUT2D eigenvalue weighted by Crippen LogP contribution is 2.16. The largest absolute Gasteiger partial charge is 0.415 e. The van der Waals surface area contributed by atoms with Gasteiger partial charge >= 0.3 is 6.09 Å². The zero-order valence-electron chi connectivity index (χ0n) is 10.8. The summed E-state index contributed by atoms with van der Waals surface area (Å²) < 4.78 is 5.38. The maximum atomic E-state index is 11.9. The molecule has 0 radical (unpaired) electrons. The van der Waals surface area contributed by atoms with Gasteiger partial charge in [-0.1, -0.05) is 19.1 Å². The standard InChI is InChI=1S/C14H20N2O2/c1-2-11-4-3-5-13(10-11)18-14(17)16-8-6-12(15)7-9-16/h3-5,10,12H,2,6-9,15H2,1H3. The lowest BCUT2D eigenvalue weighted by atomic mass is 10.1. The van der Waals surface area contributed by atoms with E-state index in [0.29, 0.717) is 18.8 Å². The van der Waals surface area contributed by atoms with Crippen molar-refractivity contribution >= 4 is 6.09 Å². The molecule has 2 rings (SSSR count). The van der Waals surface area contributed by atoms with Gasteiger partial charge < -0.3 is 15.4 Å². The van der Waals surface area contributed by atoms with Crippen LogP contribution in [0.15, 0.2) is 24.3 Å². The van der Waals surface area contributed by atoms with Gasteiger partial charge in [0.05, 0.1) is 0 Å². The van der Waals surface area contributed by atoms with E-state index in [0.717, 1.165) is 19.3 Å². The Kier molecular flexibility index (Phi) is 4.20. The van der Waals surface area contributed by atoms with Gasteiger partial charge in [-0.2, -0.15) is 0 Å². The van der Waals surface area contributed by atoms with Crippen LogP contribution in [0.5, 0.6) is 5.75 Å². The normalized spacial score (nSPS) is 16.7. The van der Waals surface area contributed by atoms with Gasteiger partial charge in [0.25, 0.3) is 0 Å². The van der Waals surface area contributed by atoms with E-state index in [9.17, 15) is 4.79 Å². The van der Waals surface area contributed by atoms with Crippen molar-refractivity contribution in [3.05, 3.63) is 29.8 Å². The zero-order valence-corrected chi connectivity index (χ0v) is 10.8. The fourth-order valence-electron chi connectivity index (χ4n) is 2.08. The monoisotopic (exact) mass is 248 g/mol. The topological polar surface area (TPSA) is 55.6 Å². The van der Waals surface area contributed by atoms with Gasteiger partial charge in [0.1, 0.15) is 5.75 Å². The predicted molar refractivity (Wildman–Crippen MR) is 70.6 cm³/mol. The predicted octanol–water partition coefficient (Wildman–Crippen LogP) is 2.17. The van der Waals surface area contributed by atoms with Crippen molar-refractivity contribution < 1.29 is 9.53 Å². The van der Waals surface area contributed by atoms with Gasteiger partial charge in [0.15, 0.2) is 0 Å². The molecular formula is C14H20N2O2. The Balaban J connectivity index is 1.94. The number of likely N-dealkylation sites (tertiary alicyclic amines) is 1. The fourth-order valence-corrected chi connectivity index (χ4v) is 2.08. The molecule has 0 aliphatic carbocycles. The first-order chi connectivity index (χ1) is 8.69. The maximum absolute atomic E-state index is 11.9. The zero-order chi connectivity index (χ0) is 13.0. The molecule has 4 heteroatoms. The van der Waals surface area contributed by atoms with Gasteiger partial charge in [-0.25, -0.2) is 4.79 Å². The Labute approximate surface area is 108 Å².